The number of unbranched alkanes of at least 4 members (excludes halogenated alkanes) is 3. The van der Waals surface area contributed by atoms with Crippen LogP contribution in [0.2, 0.25) is 0 Å². The molecule has 0 spiro atoms. The van der Waals surface area contributed by atoms with E-state index in [0.29, 0.717) is 0 Å². The van der Waals surface area contributed by atoms with E-state index < -0.39 is 0 Å². The molecule has 0 saturated carbocycles. The molecule has 0 aliphatic rings. The Labute approximate surface area is 94.0 Å². The van der Waals surface area contributed by atoms with Gasteiger partial charge < -0.3 is 0 Å². The molecule has 0 unspecified atom stereocenters. The summed E-state index contributed by atoms with van der Waals surface area (Å²) >= 11 is 0. The molecule has 0 aromatic heterocycles. The highest BCUT2D eigenvalue weighted by Gasteiger charge is 1.96. The van der Waals surface area contributed by atoms with Gasteiger partial charge in [-0.05, 0) is 43.4 Å². The third-order valence-corrected chi connectivity index (χ3v) is 2.80. The first-order valence-electron chi connectivity index (χ1n) is 5.98. The molecule has 0 radical (unpaired) electrons. The van der Waals surface area contributed by atoms with Crippen molar-refractivity contribution >= 4 is 6.08 Å². The minimum absolute atomic E-state index is 1.21. The van der Waals surface area contributed by atoms with Gasteiger partial charge in [0.15, 0.2) is 0 Å². The van der Waals surface area contributed by atoms with E-state index in [1.807, 2.05) is 0 Å². The summed E-state index contributed by atoms with van der Waals surface area (Å²) in [6.07, 6.45) is 9.76. The number of hydrogen-bond donors (Lipinski definition) is 0. The first kappa shape index (κ1) is 12.0. The van der Waals surface area contributed by atoms with Crippen molar-refractivity contribution in [2.24, 2.45) is 0 Å². The van der Waals surface area contributed by atoms with Crippen molar-refractivity contribution in [2.75, 3.05) is 0 Å². The highest BCUT2D eigenvalue weighted by atomic mass is 14.0. The van der Waals surface area contributed by atoms with Gasteiger partial charge in [-0.25, -0.2) is 0 Å². The molecule has 0 fully saturated rings. The van der Waals surface area contributed by atoms with Crippen LogP contribution in [0.1, 0.15) is 49.3 Å². The molecule has 0 saturated heterocycles. The van der Waals surface area contributed by atoms with Crippen LogP contribution >= 0.6 is 0 Å². The summed E-state index contributed by atoms with van der Waals surface area (Å²) in [4.78, 5) is 0. The van der Waals surface area contributed by atoms with Gasteiger partial charge in [0, 0.05) is 0 Å². The van der Waals surface area contributed by atoms with Crippen molar-refractivity contribution in [1.82, 2.24) is 0 Å². The molecule has 0 nitrogen and oxygen atoms in total. The normalized spacial score (nSPS) is 11.1. The summed E-state index contributed by atoms with van der Waals surface area (Å²) in [6, 6.07) is 6.48. The van der Waals surface area contributed by atoms with Crippen molar-refractivity contribution in [3.05, 3.63) is 41.0 Å². The Morgan fingerprint density at radius 2 is 1.73 bits per heavy atom. The average molecular weight is 202 g/mol. The van der Waals surface area contributed by atoms with Crippen molar-refractivity contribution in [1.29, 1.82) is 0 Å². The Morgan fingerprint density at radius 1 is 1.07 bits per heavy atom. The molecule has 0 atom stereocenters. The van der Waals surface area contributed by atoms with Gasteiger partial charge in [-0.2, -0.15) is 0 Å². The number of allylic oxidation sites excluding steroid dienone is 1. The molecule has 0 aliphatic heterocycles. The van der Waals surface area contributed by atoms with Crippen LogP contribution in [0.25, 0.3) is 6.08 Å². The number of aryl methyl sites for hydroxylation is 2. The van der Waals surface area contributed by atoms with E-state index >= 15 is 0 Å². The predicted molar refractivity (Wildman–Crippen MR) is 69.1 cm³/mol. The highest BCUT2D eigenvalue weighted by Crippen LogP contribution is 2.15. The molecular formula is C15H22. The van der Waals surface area contributed by atoms with Gasteiger partial charge in [-0.3, -0.25) is 0 Å². The number of rotatable bonds is 5. The Bertz CT molecular complexity index is 301. The van der Waals surface area contributed by atoms with Crippen LogP contribution in [0, 0.1) is 13.8 Å². The van der Waals surface area contributed by atoms with E-state index in [9.17, 15) is 0 Å². The maximum Gasteiger partial charge on any atom is -0.0201 e. The number of hydrogen-bond acceptors (Lipinski definition) is 0. The fraction of sp³-hybridized carbons (Fsp3) is 0.467. The van der Waals surface area contributed by atoms with E-state index in [4.69, 9.17) is 0 Å². The lowest BCUT2D eigenvalue weighted by Crippen LogP contribution is -1.84. The van der Waals surface area contributed by atoms with Gasteiger partial charge in [0.05, 0.1) is 0 Å². The fourth-order valence-corrected chi connectivity index (χ4v) is 1.80. The zero-order valence-corrected chi connectivity index (χ0v) is 10.2. The summed E-state index contributed by atoms with van der Waals surface area (Å²) < 4.78 is 0. The summed E-state index contributed by atoms with van der Waals surface area (Å²) in [7, 11) is 0. The van der Waals surface area contributed by atoms with Crippen LogP contribution in [-0.4, -0.2) is 0 Å². The van der Waals surface area contributed by atoms with Crippen LogP contribution < -0.4 is 0 Å². The summed E-state index contributed by atoms with van der Waals surface area (Å²) in [5.41, 5.74) is 4.15. The lowest BCUT2D eigenvalue weighted by atomic mass is 10.0. The van der Waals surface area contributed by atoms with E-state index in [1.165, 1.54) is 42.4 Å². The van der Waals surface area contributed by atoms with E-state index in [2.05, 4.69) is 51.1 Å². The van der Waals surface area contributed by atoms with E-state index in [-0.39, 0.29) is 0 Å². The first-order chi connectivity index (χ1) is 7.25. The molecule has 0 bridgehead atoms. The lowest BCUT2D eigenvalue weighted by molar-refractivity contribution is 0.730. The molecule has 15 heavy (non-hydrogen) atoms. The zero-order valence-electron chi connectivity index (χ0n) is 10.2. The molecule has 1 aromatic carbocycles. The van der Waals surface area contributed by atoms with Crippen molar-refractivity contribution in [3.8, 4) is 0 Å². The largest absolute Gasteiger partial charge is 0.0839 e. The van der Waals surface area contributed by atoms with Crippen molar-refractivity contribution < 1.29 is 0 Å². The van der Waals surface area contributed by atoms with E-state index in [1.54, 1.807) is 0 Å². The maximum absolute atomic E-state index is 2.31. The second kappa shape index (κ2) is 6.44. The Balaban J connectivity index is 2.56. The van der Waals surface area contributed by atoms with Crippen LogP contribution in [0.15, 0.2) is 24.3 Å². The average Bonchev–Trinajstić information content (AvgIpc) is 2.21. The molecule has 0 heteroatoms. The molecule has 0 heterocycles. The third-order valence-electron chi connectivity index (χ3n) is 2.80. The monoisotopic (exact) mass is 202 g/mol. The second-order valence-corrected chi connectivity index (χ2v) is 4.20. The molecular weight excluding hydrogens is 180 g/mol. The molecule has 1 rings (SSSR count). The minimum Gasteiger partial charge on any atom is -0.0839 e. The van der Waals surface area contributed by atoms with Crippen LogP contribution in [0.5, 0.6) is 0 Å². The Hall–Kier alpha value is -1.04. The number of benzene rings is 1. The van der Waals surface area contributed by atoms with Crippen molar-refractivity contribution in [2.45, 2.75) is 46.5 Å². The summed E-state index contributed by atoms with van der Waals surface area (Å²) in [5, 5.41) is 0. The summed E-state index contributed by atoms with van der Waals surface area (Å²) in [5.74, 6) is 0. The highest BCUT2D eigenvalue weighted by molar-refractivity contribution is 5.57. The van der Waals surface area contributed by atoms with Crippen LogP contribution in [0.3, 0.4) is 0 Å². The Morgan fingerprint density at radius 3 is 2.33 bits per heavy atom. The van der Waals surface area contributed by atoms with Gasteiger partial charge >= 0.3 is 0 Å². The fourth-order valence-electron chi connectivity index (χ4n) is 1.80. The molecule has 0 N–H and O–H groups in total. The quantitative estimate of drug-likeness (QED) is 0.596. The standard InChI is InChI=1S/C15H22/c1-4-5-6-7-8-12-15-13(2)10-9-11-14(15)3/h8-12H,4-7H2,1-3H3. The van der Waals surface area contributed by atoms with Gasteiger partial charge in [-0.15, -0.1) is 0 Å². The SMILES string of the molecule is CCCCCC=Cc1c(C)cccc1C. The first-order valence-corrected chi connectivity index (χ1v) is 5.98. The predicted octanol–water partition coefficient (Wildman–Crippen LogP) is 4.90. The minimum atomic E-state index is 1.21. The van der Waals surface area contributed by atoms with Gasteiger partial charge in [-0.1, -0.05) is 50.1 Å². The lowest BCUT2D eigenvalue weighted by Gasteiger charge is -2.03. The maximum atomic E-state index is 2.31. The van der Waals surface area contributed by atoms with Crippen LogP contribution in [0.4, 0.5) is 0 Å². The molecule has 82 valence electrons. The van der Waals surface area contributed by atoms with Gasteiger partial charge in [0.2, 0.25) is 0 Å². The molecule has 0 aliphatic carbocycles. The molecule has 1 aromatic rings. The van der Waals surface area contributed by atoms with Crippen molar-refractivity contribution in [3.63, 3.8) is 0 Å². The van der Waals surface area contributed by atoms with E-state index in [0.717, 1.165) is 0 Å². The van der Waals surface area contributed by atoms with Gasteiger partial charge in [0.25, 0.3) is 0 Å². The summed E-state index contributed by atoms with van der Waals surface area (Å²) in [6.45, 7) is 6.60. The zero-order chi connectivity index (χ0) is 11.1. The topological polar surface area (TPSA) is 0 Å². The van der Waals surface area contributed by atoms with Crippen LogP contribution in [-0.2, 0) is 0 Å². The molecule has 0 amide bonds. The Kier molecular flexibility index (Phi) is 5.17. The van der Waals surface area contributed by atoms with Gasteiger partial charge in [0.1, 0.15) is 0 Å². The smallest absolute Gasteiger partial charge is 0.0201 e. The third kappa shape index (κ3) is 3.91. The second-order valence-electron chi connectivity index (χ2n) is 4.20.